The minimum Gasteiger partial charge on any atom is -0.462 e. The van der Waals surface area contributed by atoms with Crippen LogP contribution in [-0.2, 0) is 4.74 Å². The number of anilines is 1. The summed E-state index contributed by atoms with van der Waals surface area (Å²) in [7, 11) is 0. The molecule has 3 nitrogen and oxygen atoms in total. The molecule has 21 heavy (non-hydrogen) atoms. The van der Waals surface area contributed by atoms with Crippen LogP contribution in [-0.4, -0.2) is 12.6 Å². The van der Waals surface area contributed by atoms with Crippen LogP contribution in [0.25, 0.3) is 0 Å². The van der Waals surface area contributed by atoms with Gasteiger partial charge in [-0.15, -0.1) is 0 Å². The summed E-state index contributed by atoms with van der Waals surface area (Å²) in [6.07, 6.45) is 0. The Balaban J connectivity index is 2.21. The van der Waals surface area contributed by atoms with Crippen LogP contribution in [0.4, 0.5) is 14.5 Å². The maximum atomic E-state index is 13.2. The Morgan fingerprint density at radius 3 is 2.57 bits per heavy atom. The van der Waals surface area contributed by atoms with Crippen molar-refractivity contribution in [3.8, 4) is 0 Å². The lowest BCUT2D eigenvalue weighted by atomic mass is 10.2. The molecule has 0 bridgehead atoms. The first-order valence-corrected chi connectivity index (χ1v) is 7.02. The van der Waals surface area contributed by atoms with E-state index in [0.717, 1.165) is 12.1 Å². The number of nitrogens with two attached hydrogens (primary N) is 1. The molecule has 0 atom stereocenters. The second kappa shape index (κ2) is 6.58. The van der Waals surface area contributed by atoms with Crippen molar-refractivity contribution >= 4 is 23.4 Å². The third-order valence-corrected chi connectivity index (χ3v) is 3.72. The van der Waals surface area contributed by atoms with Gasteiger partial charge in [-0.25, -0.2) is 13.6 Å². The van der Waals surface area contributed by atoms with E-state index in [9.17, 15) is 13.6 Å². The van der Waals surface area contributed by atoms with Gasteiger partial charge < -0.3 is 10.5 Å². The second-order valence-corrected chi connectivity index (χ2v) is 5.27. The molecule has 0 heterocycles. The zero-order valence-corrected chi connectivity index (χ0v) is 12.0. The van der Waals surface area contributed by atoms with Crippen LogP contribution in [0.15, 0.2) is 46.2 Å². The molecule has 0 fully saturated rings. The van der Waals surface area contributed by atoms with Crippen LogP contribution < -0.4 is 5.73 Å². The van der Waals surface area contributed by atoms with Crippen molar-refractivity contribution in [1.82, 2.24) is 0 Å². The van der Waals surface area contributed by atoms with Crippen LogP contribution in [0.2, 0.25) is 0 Å². The van der Waals surface area contributed by atoms with E-state index in [2.05, 4.69) is 0 Å². The molecule has 0 saturated carbocycles. The van der Waals surface area contributed by atoms with Gasteiger partial charge in [-0.05, 0) is 43.3 Å². The molecule has 2 aromatic rings. The van der Waals surface area contributed by atoms with Gasteiger partial charge in [0.05, 0.1) is 12.2 Å². The van der Waals surface area contributed by atoms with Crippen molar-refractivity contribution in [3.05, 3.63) is 53.6 Å². The van der Waals surface area contributed by atoms with Gasteiger partial charge in [0.2, 0.25) is 0 Å². The Hall–Kier alpha value is -2.08. The summed E-state index contributed by atoms with van der Waals surface area (Å²) in [4.78, 5) is 12.7. The quantitative estimate of drug-likeness (QED) is 0.688. The summed E-state index contributed by atoms with van der Waals surface area (Å²) in [5, 5.41) is 0. The van der Waals surface area contributed by atoms with Crippen molar-refractivity contribution in [2.75, 3.05) is 12.3 Å². The molecule has 6 heteroatoms. The van der Waals surface area contributed by atoms with Crippen LogP contribution in [0.3, 0.4) is 0 Å². The Morgan fingerprint density at radius 2 is 1.95 bits per heavy atom. The van der Waals surface area contributed by atoms with Gasteiger partial charge in [-0.3, -0.25) is 0 Å². The number of halogens is 2. The van der Waals surface area contributed by atoms with E-state index in [1.807, 2.05) is 0 Å². The van der Waals surface area contributed by atoms with E-state index in [1.54, 1.807) is 19.1 Å². The first-order valence-electron chi connectivity index (χ1n) is 6.20. The maximum absolute atomic E-state index is 13.2. The van der Waals surface area contributed by atoms with E-state index >= 15 is 0 Å². The highest BCUT2D eigenvalue weighted by Gasteiger charge is 2.11. The molecule has 0 aliphatic rings. The van der Waals surface area contributed by atoms with E-state index < -0.39 is 17.6 Å². The zero-order chi connectivity index (χ0) is 15.4. The zero-order valence-electron chi connectivity index (χ0n) is 11.2. The molecule has 2 aromatic carbocycles. The predicted molar refractivity (Wildman–Crippen MR) is 77.3 cm³/mol. The summed E-state index contributed by atoms with van der Waals surface area (Å²) in [5.74, 6) is -2.26. The third kappa shape index (κ3) is 3.72. The van der Waals surface area contributed by atoms with Gasteiger partial charge in [0.25, 0.3) is 0 Å². The highest BCUT2D eigenvalue weighted by Crippen LogP contribution is 2.33. The van der Waals surface area contributed by atoms with E-state index in [-0.39, 0.29) is 6.61 Å². The molecule has 0 radical (unpaired) electrons. The number of benzene rings is 2. The summed E-state index contributed by atoms with van der Waals surface area (Å²) < 4.78 is 30.9. The van der Waals surface area contributed by atoms with E-state index in [1.165, 1.54) is 23.9 Å². The van der Waals surface area contributed by atoms with E-state index in [4.69, 9.17) is 10.5 Å². The number of esters is 1. The standard InChI is InChI=1S/C15H13F2NO2S/c1-2-20-15(19)9-3-6-14(13(18)7-9)21-10-4-5-11(16)12(17)8-10/h3-8H,2,18H2,1H3. The fourth-order valence-corrected chi connectivity index (χ4v) is 2.52. The Morgan fingerprint density at radius 1 is 1.19 bits per heavy atom. The smallest absolute Gasteiger partial charge is 0.338 e. The molecule has 0 aliphatic heterocycles. The van der Waals surface area contributed by atoms with Gasteiger partial charge in [0.1, 0.15) is 0 Å². The largest absolute Gasteiger partial charge is 0.462 e. The SMILES string of the molecule is CCOC(=O)c1ccc(Sc2ccc(F)c(F)c2)c(N)c1. The van der Waals surface area contributed by atoms with Crippen molar-refractivity contribution in [1.29, 1.82) is 0 Å². The average Bonchev–Trinajstić information content (AvgIpc) is 2.45. The molecule has 0 amide bonds. The van der Waals surface area contributed by atoms with Crippen LogP contribution in [0.5, 0.6) is 0 Å². The Labute approximate surface area is 125 Å². The normalized spacial score (nSPS) is 10.4. The Bertz CT molecular complexity index is 677. The minimum absolute atomic E-state index is 0.282. The minimum atomic E-state index is -0.915. The monoisotopic (exact) mass is 309 g/mol. The number of carbonyl (C=O) groups excluding carboxylic acids is 1. The van der Waals surface area contributed by atoms with Gasteiger partial charge >= 0.3 is 5.97 Å². The van der Waals surface area contributed by atoms with Crippen LogP contribution in [0, 0.1) is 11.6 Å². The highest BCUT2D eigenvalue weighted by molar-refractivity contribution is 7.99. The van der Waals surface area contributed by atoms with Gasteiger partial charge in [0, 0.05) is 15.5 Å². The fraction of sp³-hybridized carbons (Fsp3) is 0.133. The van der Waals surface area contributed by atoms with Crippen molar-refractivity contribution in [2.24, 2.45) is 0 Å². The summed E-state index contributed by atoms with van der Waals surface area (Å²) in [5.41, 5.74) is 6.60. The molecule has 110 valence electrons. The van der Waals surface area contributed by atoms with Crippen molar-refractivity contribution in [2.45, 2.75) is 16.7 Å². The molecule has 0 spiro atoms. The molecule has 0 aliphatic carbocycles. The number of rotatable bonds is 4. The topological polar surface area (TPSA) is 52.3 Å². The lowest BCUT2D eigenvalue weighted by Gasteiger charge is -2.08. The molecular weight excluding hydrogens is 296 g/mol. The summed E-state index contributed by atoms with van der Waals surface area (Å²) >= 11 is 1.19. The van der Waals surface area contributed by atoms with Crippen molar-refractivity contribution < 1.29 is 18.3 Å². The van der Waals surface area contributed by atoms with E-state index in [0.29, 0.717) is 21.0 Å². The third-order valence-electron chi connectivity index (χ3n) is 2.64. The first-order chi connectivity index (χ1) is 10.0. The van der Waals surface area contributed by atoms with Crippen LogP contribution >= 0.6 is 11.8 Å². The van der Waals surface area contributed by atoms with Gasteiger partial charge in [0.15, 0.2) is 11.6 Å². The molecule has 2 rings (SSSR count). The second-order valence-electron chi connectivity index (χ2n) is 4.15. The van der Waals surface area contributed by atoms with Gasteiger partial charge in [-0.2, -0.15) is 0 Å². The number of nitrogen functional groups attached to an aromatic ring is 1. The number of hydrogen-bond acceptors (Lipinski definition) is 4. The fourth-order valence-electron chi connectivity index (χ4n) is 1.65. The number of ether oxygens (including phenoxy) is 1. The summed E-state index contributed by atoms with van der Waals surface area (Å²) in [6.45, 7) is 2.00. The molecule has 0 unspecified atom stereocenters. The van der Waals surface area contributed by atoms with Gasteiger partial charge in [-0.1, -0.05) is 11.8 Å². The Kier molecular flexibility index (Phi) is 4.80. The first kappa shape index (κ1) is 15.3. The maximum Gasteiger partial charge on any atom is 0.338 e. The van der Waals surface area contributed by atoms with Crippen molar-refractivity contribution in [3.63, 3.8) is 0 Å². The number of hydrogen-bond donors (Lipinski definition) is 1. The lowest BCUT2D eigenvalue weighted by molar-refractivity contribution is 0.0526. The average molecular weight is 309 g/mol. The van der Waals surface area contributed by atoms with Crippen LogP contribution in [0.1, 0.15) is 17.3 Å². The molecule has 0 saturated heterocycles. The predicted octanol–water partition coefficient (Wildman–Crippen LogP) is 3.87. The molecule has 2 N–H and O–H groups in total. The lowest BCUT2D eigenvalue weighted by Crippen LogP contribution is -2.05. The highest BCUT2D eigenvalue weighted by atomic mass is 32.2. The molecule has 0 aromatic heterocycles. The number of carbonyl (C=O) groups is 1. The summed E-state index contributed by atoms with van der Waals surface area (Å²) in [6, 6.07) is 8.34. The molecular formula is C15H13F2NO2S.